The summed E-state index contributed by atoms with van der Waals surface area (Å²) in [6.07, 6.45) is 0. The Hall–Kier alpha value is -0.980. The van der Waals surface area contributed by atoms with Gasteiger partial charge in [0.15, 0.2) is 6.04 Å². The Balaban J connectivity index is 2.79. The number of nitrogens with one attached hydrogen (secondary N) is 1. The van der Waals surface area contributed by atoms with Gasteiger partial charge in [0, 0.05) is 17.5 Å². The van der Waals surface area contributed by atoms with Crippen molar-refractivity contribution < 1.29 is 19.1 Å². The molecule has 0 heterocycles. The molecule has 0 aliphatic carbocycles. The Labute approximate surface area is 134 Å². The SMILES string of the molecule is COC(=O)C(COc1cc(Cl)c(Br)cc1Cl)NC(C)=O. The molecule has 1 unspecified atom stereocenters. The third-order valence-corrected chi connectivity index (χ3v) is 3.74. The van der Waals surface area contributed by atoms with Gasteiger partial charge in [0.1, 0.15) is 12.4 Å². The number of hydrogen-bond donors (Lipinski definition) is 1. The summed E-state index contributed by atoms with van der Waals surface area (Å²) in [5.74, 6) is -0.678. The minimum Gasteiger partial charge on any atom is -0.489 e. The monoisotopic (exact) mass is 383 g/mol. The summed E-state index contributed by atoms with van der Waals surface area (Å²) in [4.78, 5) is 22.5. The number of carbonyl (C=O) groups excluding carboxylic acids is 2. The zero-order chi connectivity index (χ0) is 15.3. The van der Waals surface area contributed by atoms with Crippen molar-refractivity contribution >= 4 is 51.0 Å². The average Bonchev–Trinajstić information content (AvgIpc) is 2.38. The molecule has 0 aromatic heterocycles. The highest BCUT2D eigenvalue weighted by Crippen LogP contribution is 2.34. The minimum absolute atomic E-state index is 0.121. The van der Waals surface area contributed by atoms with Crippen LogP contribution in [0.4, 0.5) is 0 Å². The van der Waals surface area contributed by atoms with Crippen LogP contribution in [0.5, 0.6) is 5.75 Å². The number of halogens is 3. The van der Waals surface area contributed by atoms with Crippen LogP contribution in [0.25, 0.3) is 0 Å². The number of benzene rings is 1. The van der Waals surface area contributed by atoms with E-state index in [1.165, 1.54) is 20.1 Å². The molecule has 8 heteroatoms. The van der Waals surface area contributed by atoms with E-state index in [-0.39, 0.29) is 12.5 Å². The van der Waals surface area contributed by atoms with Gasteiger partial charge in [0.05, 0.1) is 17.2 Å². The van der Waals surface area contributed by atoms with E-state index in [1.807, 2.05) is 0 Å². The number of rotatable bonds is 5. The van der Waals surface area contributed by atoms with Gasteiger partial charge in [-0.1, -0.05) is 23.2 Å². The summed E-state index contributed by atoms with van der Waals surface area (Å²) in [5.41, 5.74) is 0. The van der Waals surface area contributed by atoms with Crippen LogP contribution in [-0.4, -0.2) is 31.6 Å². The van der Waals surface area contributed by atoms with E-state index in [4.69, 9.17) is 27.9 Å². The lowest BCUT2D eigenvalue weighted by Gasteiger charge is -2.17. The molecule has 110 valence electrons. The van der Waals surface area contributed by atoms with E-state index < -0.39 is 12.0 Å². The quantitative estimate of drug-likeness (QED) is 0.626. The Bertz CT molecular complexity index is 524. The summed E-state index contributed by atoms with van der Waals surface area (Å²) in [6, 6.07) is 2.16. The first kappa shape index (κ1) is 17.1. The number of amides is 1. The zero-order valence-electron chi connectivity index (χ0n) is 10.7. The van der Waals surface area contributed by atoms with Crippen LogP contribution in [0.3, 0.4) is 0 Å². The number of methoxy groups -OCH3 is 1. The second-order valence-corrected chi connectivity index (χ2v) is 5.45. The molecular weight excluding hydrogens is 373 g/mol. The predicted octanol–water partition coefficient (Wildman–Crippen LogP) is 2.81. The lowest BCUT2D eigenvalue weighted by molar-refractivity contribution is -0.145. The number of esters is 1. The Morgan fingerprint density at radius 3 is 2.55 bits per heavy atom. The minimum atomic E-state index is -0.920. The van der Waals surface area contributed by atoms with Crippen molar-refractivity contribution in [2.24, 2.45) is 0 Å². The fourth-order valence-electron chi connectivity index (χ4n) is 1.34. The molecule has 0 bridgehead atoms. The lowest BCUT2D eigenvalue weighted by Crippen LogP contribution is -2.44. The van der Waals surface area contributed by atoms with E-state index in [0.29, 0.717) is 20.3 Å². The van der Waals surface area contributed by atoms with Gasteiger partial charge < -0.3 is 14.8 Å². The van der Waals surface area contributed by atoms with Gasteiger partial charge >= 0.3 is 5.97 Å². The molecule has 1 aromatic carbocycles. The molecular formula is C12H12BrCl2NO4. The summed E-state index contributed by atoms with van der Waals surface area (Å²) in [5, 5.41) is 3.16. The van der Waals surface area contributed by atoms with Gasteiger partial charge in [0.2, 0.25) is 5.91 Å². The second-order valence-electron chi connectivity index (χ2n) is 3.78. The van der Waals surface area contributed by atoms with Gasteiger partial charge in [0.25, 0.3) is 0 Å². The first-order chi connectivity index (χ1) is 9.35. The summed E-state index contributed by atoms with van der Waals surface area (Å²) in [6.45, 7) is 1.17. The van der Waals surface area contributed by atoms with Crippen molar-refractivity contribution in [3.63, 3.8) is 0 Å². The third-order valence-electron chi connectivity index (χ3n) is 2.24. The fraction of sp³-hybridized carbons (Fsp3) is 0.333. The smallest absolute Gasteiger partial charge is 0.331 e. The molecule has 0 saturated carbocycles. The molecule has 0 fully saturated rings. The molecule has 5 nitrogen and oxygen atoms in total. The van der Waals surface area contributed by atoms with Gasteiger partial charge in [-0.2, -0.15) is 0 Å². The van der Waals surface area contributed by atoms with Crippen molar-refractivity contribution in [1.29, 1.82) is 0 Å². The molecule has 1 atom stereocenters. The van der Waals surface area contributed by atoms with E-state index in [0.717, 1.165) is 0 Å². The molecule has 0 aliphatic heterocycles. The van der Waals surface area contributed by atoms with Gasteiger partial charge in [-0.3, -0.25) is 4.79 Å². The van der Waals surface area contributed by atoms with Crippen LogP contribution in [0, 0.1) is 0 Å². The summed E-state index contributed by atoms with van der Waals surface area (Å²) >= 11 is 15.1. The standard InChI is InChI=1S/C12H12BrCl2NO4/c1-6(17)16-10(12(18)19-2)5-20-11-4-8(14)7(13)3-9(11)15/h3-4,10H,5H2,1-2H3,(H,16,17). The normalized spacial score (nSPS) is 11.7. The average molecular weight is 385 g/mol. The highest BCUT2D eigenvalue weighted by atomic mass is 79.9. The van der Waals surface area contributed by atoms with E-state index in [1.54, 1.807) is 6.07 Å². The molecule has 20 heavy (non-hydrogen) atoms. The first-order valence-electron chi connectivity index (χ1n) is 5.47. The maximum absolute atomic E-state index is 11.5. The molecule has 1 amide bonds. The number of hydrogen-bond acceptors (Lipinski definition) is 4. The topological polar surface area (TPSA) is 64.6 Å². The third kappa shape index (κ3) is 4.85. The van der Waals surface area contributed by atoms with Crippen LogP contribution in [-0.2, 0) is 14.3 Å². The van der Waals surface area contributed by atoms with Gasteiger partial charge in [-0.15, -0.1) is 0 Å². The molecule has 0 spiro atoms. The summed E-state index contributed by atoms with van der Waals surface area (Å²) < 4.78 is 10.6. The van der Waals surface area contributed by atoms with E-state index in [2.05, 4.69) is 26.0 Å². The molecule has 1 rings (SSSR count). The molecule has 0 radical (unpaired) electrons. The molecule has 0 saturated heterocycles. The number of carbonyl (C=O) groups is 2. The highest BCUT2D eigenvalue weighted by Gasteiger charge is 2.21. The maximum Gasteiger partial charge on any atom is 0.331 e. The van der Waals surface area contributed by atoms with Crippen LogP contribution in [0.1, 0.15) is 6.92 Å². The van der Waals surface area contributed by atoms with Crippen LogP contribution >= 0.6 is 39.1 Å². The fourth-order valence-corrected chi connectivity index (χ4v) is 2.19. The molecule has 0 aliphatic rings. The van der Waals surface area contributed by atoms with E-state index >= 15 is 0 Å². The van der Waals surface area contributed by atoms with Crippen molar-refractivity contribution in [3.05, 3.63) is 26.7 Å². The van der Waals surface area contributed by atoms with E-state index in [9.17, 15) is 9.59 Å². The van der Waals surface area contributed by atoms with Crippen molar-refractivity contribution in [2.75, 3.05) is 13.7 Å². The highest BCUT2D eigenvalue weighted by molar-refractivity contribution is 9.10. The zero-order valence-corrected chi connectivity index (χ0v) is 13.8. The largest absolute Gasteiger partial charge is 0.489 e. The Morgan fingerprint density at radius 1 is 1.35 bits per heavy atom. The van der Waals surface area contributed by atoms with Gasteiger partial charge in [-0.25, -0.2) is 4.79 Å². The number of ether oxygens (including phenoxy) is 2. The van der Waals surface area contributed by atoms with Crippen molar-refractivity contribution in [1.82, 2.24) is 5.32 Å². The molecule has 1 aromatic rings. The maximum atomic E-state index is 11.5. The Morgan fingerprint density at radius 2 is 2.00 bits per heavy atom. The first-order valence-corrected chi connectivity index (χ1v) is 7.02. The lowest BCUT2D eigenvalue weighted by atomic mass is 10.3. The van der Waals surface area contributed by atoms with Crippen molar-refractivity contribution in [2.45, 2.75) is 13.0 Å². The van der Waals surface area contributed by atoms with Gasteiger partial charge in [-0.05, 0) is 22.0 Å². The Kier molecular flexibility index (Phi) is 6.58. The van der Waals surface area contributed by atoms with Crippen molar-refractivity contribution in [3.8, 4) is 5.75 Å². The summed E-state index contributed by atoms with van der Waals surface area (Å²) in [7, 11) is 1.22. The molecule has 1 N–H and O–H groups in total. The van der Waals surface area contributed by atoms with Crippen LogP contribution in [0.15, 0.2) is 16.6 Å². The second kappa shape index (κ2) is 7.71. The van der Waals surface area contributed by atoms with Crippen LogP contribution in [0.2, 0.25) is 10.0 Å². The predicted molar refractivity (Wildman–Crippen MR) is 79.3 cm³/mol. The van der Waals surface area contributed by atoms with Crippen LogP contribution < -0.4 is 10.1 Å².